The molecular formula is C21H24F2N2O2S. The highest BCUT2D eigenvalue weighted by Gasteiger charge is 2.58. The number of rotatable bonds is 6. The molecule has 2 aromatic carbocycles. The van der Waals surface area contributed by atoms with E-state index in [-0.39, 0.29) is 36.9 Å². The zero-order chi connectivity index (χ0) is 19.9. The standard InChI is InChI=1S/C21H24F2N2O2S/c1-2-28(26,27)25-20-18(24-16-12-21(20,23)13-16)11-15-9-6-10-17(19(15)22)14-7-4-3-5-8-14/h3-10,16,18,20,24-25H,2,11-13H2,1H3/t16?,18-,20+,21?/m0/s1. The molecule has 1 aliphatic carbocycles. The van der Waals surface area contributed by atoms with Crippen LogP contribution in [-0.4, -0.2) is 38.0 Å². The van der Waals surface area contributed by atoms with Crippen LogP contribution in [0, 0.1) is 5.82 Å². The van der Waals surface area contributed by atoms with E-state index in [2.05, 4.69) is 10.0 Å². The van der Waals surface area contributed by atoms with E-state index in [1.165, 1.54) is 6.92 Å². The number of halogens is 2. The molecule has 2 atom stereocenters. The fourth-order valence-corrected chi connectivity index (χ4v) is 5.28. The van der Waals surface area contributed by atoms with E-state index in [1.807, 2.05) is 30.3 Å². The molecule has 2 bridgehead atoms. The average molecular weight is 406 g/mol. The minimum absolute atomic E-state index is 0.0118. The van der Waals surface area contributed by atoms with Gasteiger partial charge >= 0.3 is 0 Å². The van der Waals surface area contributed by atoms with Crippen LogP contribution in [-0.2, 0) is 16.4 Å². The maximum Gasteiger partial charge on any atom is 0.211 e. The van der Waals surface area contributed by atoms with Crippen molar-refractivity contribution in [2.75, 3.05) is 5.75 Å². The summed E-state index contributed by atoms with van der Waals surface area (Å²) in [6.07, 6.45) is 0.783. The molecule has 2 aliphatic heterocycles. The Morgan fingerprint density at radius 2 is 1.86 bits per heavy atom. The molecule has 0 unspecified atom stereocenters. The van der Waals surface area contributed by atoms with Crippen LogP contribution in [0.15, 0.2) is 48.5 Å². The topological polar surface area (TPSA) is 58.2 Å². The molecule has 4 nitrogen and oxygen atoms in total. The summed E-state index contributed by atoms with van der Waals surface area (Å²) in [6, 6.07) is 13.0. The number of nitrogens with one attached hydrogen (secondary N) is 2. The Bertz CT molecular complexity index is 960. The van der Waals surface area contributed by atoms with E-state index in [9.17, 15) is 8.42 Å². The first-order chi connectivity index (χ1) is 13.3. The van der Waals surface area contributed by atoms with Crippen molar-refractivity contribution in [2.24, 2.45) is 0 Å². The summed E-state index contributed by atoms with van der Waals surface area (Å²) in [5, 5.41) is 3.31. The van der Waals surface area contributed by atoms with Crippen LogP contribution >= 0.6 is 0 Å². The van der Waals surface area contributed by atoms with Gasteiger partial charge in [-0.15, -0.1) is 0 Å². The largest absolute Gasteiger partial charge is 0.309 e. The lowest BCUT2D eigenvalue weighted by Gasteiger charge is -2.56. The monoisotopic (exact) mass is 406 g/mol. The predicted octanol–water partition coefficient (Wildman–Crippen LogP) is 3.19. The Morgan fingerprint density at radius 1 is 1.14 bits per heavy atom. The Labute approximate surface area is 164 Å². The number of fused-ring (bicyclic) bond motifs is 2. The highest BCUT2D eigenvalue weighted by atomic mass is 32.2. The van der Waals surface area contributed by atoms with Gasteiger partial charge in [-0.1, -0.05) is 48.5 Å². The summed E-state index contributed by atoms with van der Waals surface area (Å²) in [4.78, 5) is 0. The van der Waals surface area contributed by atoms with Gasteiger partial charge in [0.2, 0.25) is 10.0 Å². The minimum Gasteiger partial charge on any atom is -0.309 e. The summed E-state index contributed by atoms with van der Waals surface area (Å²) < 4.78 is 57.1. The van der Waals surface area contributed by atoms with Gasteiger partial charge in [0, 0.05) is 17.6 Å². The molecule has 5 rings (SSSR count). The van der Waals surface area contributed by atoms with Crippen molar-refractivity contribution in [1.29, 1.82) is 0 Å². The Balaban J connectivity index is 1.63. The summed E-state index contributed by atoms with van der Waals surface area (Å²) >= 11 is 0. The normalized spacial score (nSPS) is 29.3. The van der Waals surface area contributed by atoms with E-state index in [0.717, 1.165) is 5.56 Å². The smallest absolute Gasteiger partial charge is 0.211 e. The second-order valence-corrected chi connectivity index (χ2v) is 9.80. The van der Waals surface area contributed by atoms with E-state index in [0.29, 0.717) is 11.1 Å². The summed E-state index contributed by atoms with van der Waals surface area (Å²) in [5.41, 5.74) is 0.131. The van der Waals surface area contributed by atoms with E-state index in [4.69, 9.17) is 0 Å². The molecule has 3 fully saturated rings. The van der Waals surface area contributed by atoms with Gasteiger partial charge in [-0.05, 0) is 37.3 Å². The number of hydrogen-bond donors (Lipinski definition) is 2. The third-order valence-corrected chi connectivity index (χ3v) is 7.24. The zero-order valence-electron chi connectivity index (χ0n) is 15.7. The number of benzene rings is 2. The first-order valence-corrected chi connectivity index (χ1v) is 11.2. The van der Waals surface area contributed by atoms with Crippen molar-refractivity contribution >= 4 is 10.0 Å². The van der Waals surface area contributed by atoms with Crippen LogP contribution in [0.5, 0.6) is 0 Å². The molecule has 2 heterocycles. The number of hydrogen-bond acceptors (Lipinski definition) is 3. The lowest BCUT2D eigenvalue weighted by atomic mass is 9.65. The summed E-state index contributed by atoms with van der Waals surface area (Å²) in [6.45, 7) is 1.52. The van der Waals surface area contributed by atoms with Gasteiger partial charge in [-0.2, -0.15) is 0 Å². The van der Waals surface area contributed by atoms with Crippen LogP contribution in [0.4, 0.5) is 8.78 Å². The van der Waals surface area contributed by atoms with Gasteiger partial charge in [-0.3, -0.25) is 0 Å². The van der Waals surface area contributed by atoms with Crippen LogP contribution in [0.2, 0.25) is 0 Å². The molecule has 28 heavy (non-hydrogen) atoms. The van der Waals surface area contributed by atoms with E-state index < -0.39 is 27.8 Å². The quantitative estimate of drug-likeness (QED) is 0.775. The molecule has 0 radical (unpaired) electrons. The zero-order valence-corrected chi connectivity index (χ0v) is 16.5. The van der Waals surface area contributed by atoms with Crippen LogP contribution in [0.3, 0.4) is 0 Å². The van der Waals surface area contributed by atoms with Crippen LogP contribution < -0.4 is 10.0 Å². The summed E-state index contributed by atoms with van der Waals surface area (Å²) in [5.74, 6) is -0.465. The first kappa shape index (κ1) is 19.5. The van der Waals surface area contributed by atoms with Crippen LogP contribution in [0.25, 0.3) is 11.1 Å². The van der Waals surface area contributed by atoms with Gasteiger partial charge in [0.1, 0.15) is 11.5 Å². The fourth-order valence-electron chi connectivity index (χ4n) is 4.35. The van der Waals surface area contributed by atoms with Crippen molar-refractivity contribution in [3.05, 3.63) is 59.9 Å². The molecule has 0 amide bonds. The molecule has 7 heteroatoms. The number of sulfonamides is 1. The lowest BCUT2D eigenvalue weighted by molar-refractivity contribution is -0.0567. The third-order valence-electron chi connectivity index (χ3n) is 5.87. The number of alkyl halides is 1. The maximum atomic E-state index is 15.2. The van der Waals surface area contributed by atoms with Crippen molar-refractivity contribution < 1.29 is 17.2 Å². The van der Waals surface area contributed by atoms with Crippen molar-refractivity contribution in [3.8, 4) is 11.1 Å². The predicted molar refractivity (Wildman–Crippen MR) is 106 cm³/mol. The SMILES string of the molecule is CCS(=O)(=O)N[C@@H]1[C@H](Cc2cccc(-c3ccccc3)c2F)NC2CC1(F)C2. The molecule has 1 saturated carbocycles. The van der Waals surface area contributed by atoms with Crippen LogP contribution in [0.1, 0.15) is 25.3 Å². The molecule has 0 spiro atoms. The number of piperidine rings is 2. The Morgan fingerprint density at radius 3 is 2.54 bits per heavy atom. The molecule has 0 aromatic heterocycles. The van der Waals surface area contributed by atoms with Gasteiger partial charge in [0.25, 0.3) is 0 Å². The molecule has 150 valence electrons. The highest BCUT2D eigenvalue weighted by molar-refractivity contribution is 7.89. The van der Waals surface area contributed by atoms with Crippen molar-refractivity contribution in [2.45, 2.75) is 50.0 Å². The summed E-state index contributed by atoms with van der Waals surface area (Å²) in [7, 11) is -3.58. The Kier molecular flexibility index (Phi) is 5.02. The highest BCUT2D eigenvalue weighted by Crippen LogP contribution is 2.45. The van der Waals surface area contributed by atoms with E-state index in [1.54, 1.807) is 18.2 Å². The fraction of sp³-hybridized carbons (Fsp3) is 0.429. The molecular weight excluding hydrogens is 382 g/mol. The van der Waals surface area contributed by atoms with Gasteiger partial charge in [0.15, 0.2) is 0 Å². The second kappa shape index (κ2) is 7.21. The molecule has 2 aromatic rings. The van der Waals surface area contributed by atoms with Crippen molar-refractivity contribution in [3.63, 3.8) is 0 Å². The second-order valence-electron chi connectivity index (χ2n) is 7.76. The molecule has 3 aliphatic rings. The molecule has 2 N–H and O–H groups in total. The minimum atomic E-state index is -3.58. The Hall–Kier alpha value is -1.83. The first-order valence-electron chi connectivity index (χ1n) is 9.59. The van der Waals surface area contributed by atoms with Crippen molar-refractivity contribution in [1.82, 2.24) is 10.0 Å². The maximum absolute atomic E-state index is 15.2. The average Bonchev–Trinajstić information content (AvgIpc) is 2.65. The molecule has 2 saturated heterocycles. The van der Waals surface area contributed by atoms with Gasteiger partial charge in [0.05, 0.1) is 11.8 Å². The lowest BCUT2D eigenvalue weighted by Crippen LogP contribution is -2.75. The van der Waals surface area contributed by atoms with Gasteiger partial charge < -0.3 is 5.32 Å². The van der Waals surface area contributed by atoms with Gasteiger partial charge in [-0.25, -0.2) is 21.9 Å². The van der Waals surface area contributed by atoms with E-state index >= 15 is 8.78 Å². The third kappa shape index (κ3) is 3.58.